The molecule has 1 N–H and O–H groups in total. The zero-order chi connectivity index (χ0) is 23.4. The molecule has 0 spiro atoms. The number of hydrogen-bond acceptors (Lipinski definition) is 6. The SMILES string of the molecule is CC[C@H](Oc1ccccc1)C(=O)Nc1cc(C)ccc1OCc1cc(=O)n2c(C)csc2n1. The minimum absolute atomic E-state index is 0.104. The van der Waals surface area contributed by atoms with E-state index in [1.54, 1.807) is 10.5 Å². The predicted octanol–water partition coefficient (Wildman–Crippen LogP) is 4.75. The Labute approximate surface area is 195 Å². The number of amides is 1. The Bertz CT molecular complexity index is 1330. The molecule has 2 heterocycles. The molecule has 2 aromatic carbocycles. The quantitative estimate of drug-likeness (QED) is 0.408. The lowest BCUT2D eigenvalue weighted by Gasteiger charge is -2.19. The highest BCUT2D eigenvalue weighted by Crippen LogP contribution is 2.27. The number of carbonyl (C=O) groups excluding carboxylic acids is 1. The number of aromatic nitrogens is 2. The van der Waals surface area contributed by atoms with Crippen LogP contribution in [0.5, 0.6) is 11.5 Å². The highest BCUT2D eigenvalue weighted by molar-refractivity contribution is 7.15. The van der Waals surface area contributed by atoms with Crippen molar-refractivity contribution in [3.63, 3.8) is 0 Å². The minimum Gasteiger partial charge on any atom is -0.485 e. The number of aryl methyl sites for hydroxylation is 2. The number of para-hydroxylation sites is 1. The van der Waals surface area contributed by atoms with Crippen LogP contribution in [-0.2, 0) is 11.4 Å². The van der Waals surface area contributed by atoms with Crippen LogP contribution in [0, 0.1) is 13.8 Å². The standard InChI is InChI=1S/C25H25N3O4S/c1-4-21(32-19-8-6-5-7-9-19)24(30)27-20-12-16(2)10-11-22(20)31-14-18-13-23(29)28-17(3)15-33-25(28)26-18/h5-13,15,21H,4,14H2,1-3H3,(H,27,30)/t21-/m0/s1. The first-order valence-electron chi connectivity index (χ1n) is 10.7. The highest BCUT2D eigenvalue weighted by Gasteiger charge is 2.20. The number of anilines is 1. The second-order valence-electron chi connectivity index (χ2n) is 7.69. The van der Waals surface area contributed by atoms with Gasteiger partial charge in [0.25, 0.3) is 11.5 Å². The van der Waals surface area contributed by atoms with Crippen LogP contribution in [0.4, 0.5) is 5.69 Å². The fraction of sp³-hybridized carbons (Fsp3) is 0.240. The van der Waals surface area contributed by atoms with Gasteiger partial charge in [0.05, 0.1) is 11.4 Å². The van der Waals surface area contributed by atoms with Crippen molar-refractivity contribution in [1.82, 2.24) is 9.38 Å². The van der Waals surface area contributed by atoms with E-state index >= 15 is 0 Å². The largest absolute Gasteiger partial charge is 0.485 e. The Balaban J connectivity index is 1.50. The summed E-state index contributed by atoms with van der Waals surface area (Å²) in [6.07, 6.45) is -0.136. The summed E-state index contributed by atoms with van der Waals surface area (Å²) < 4.78 is 13.4. The van der Waals surface area contributed by atoms with Crippen molar-refractivity contribution < 1.29 is 14.3 Å². The van der Waals surface area contributed by atoms with Crippen LogP contribution in [0.25, 0.3) is 4.96 Å². The molecule has 0 bridgehead atoms. The van der Waals surface area contributed by atoms with E-state index in [1.807, 2.05) is 68.6 Å². The summed E-state index contributed by atoms with van der Waals surface area (Å²) in [6.45, 7) is 5.81. The second-order valence-corrected chi connectivity index (χ2v) is 8.52. The smallest absolute Gasteiger partial charge is 0.265 e. The number of ether oxygens (including phenoxy) is 2. The molecule has 0 aliphatic rings. The fourth-order valence-corrected chi connectivity index (χ4v) is 4.28. The molecule has 33 heavy (non-hydrogen) atoms. The average molecular weight is 464 g/mol. The maximum atomic E-state index is 12.9. The van der Waals surface area contributed by atoms with Crippen LogP contribution >= 0.6 is 11.3 Å². The van der Waals surface area contributed by atoms with Crippen LogP contribution in [0.2, 0.25) is 0 Å². The summed E-state index contributed by atoms with van der Waals surface area (Å²) in [5, 5.41) is 4.82. The van der Waals surface area contributed by atoms with Gasteiger partial charge >= 0.3 is 0 Å². The molecule has 4 aromatic rings. The Morgan fingerprint density at radius 3 is 2.70 bits per heavy atom. The molecule has 1 amide bonds. The van der Waals surface area contributed by atoms with Crippen molar-refractivity contribution >= 4 is 27.9 Å². The summed E-state index contributed by atoms with van der Waals surface area (Å²) in [5.74, 6) is 0.869. The first kappa shape index (κ1) is 22.5. The van der Waals surface area contributed by atoms with Gasteiger partial charge in [-0.1, -0.05) is 31.2 Å². The zero-order valence-corrected chi connectivity index (χ0v) is 19.5. The van der Waals surface area contributed by atoms with Gasteiger partial charge < -0.3 is 14.8 Å². The molecular formula is C25H25N3O4S. The van der Waals surface area contributed by atoms with Gasteiger partial charge in [-0.15, -0.1) is 11.3 Å². The Hall–Kier alpha value is -3.65. The number of hydrogen-bond donors (Lipinski definition) is 1. The van der Waals surface area contributed by atoms with Crippen LogP contribution < -0.4 is 20.3 Å². The Morgan fingerprint density at radius 1 is 1.15 bits per heavy atom. The lowest BCUT2D eigenvalue weighted by atomic mass is 10.2. The van der Waals surface area contributed by atoms with E-state index in [4.69, 9.17) is 9.47 Å². The number of fused-ring (bicyclic) bond motifs is 1. The lowest BCUT2D eigenvalue weighted by Crippen LogP contribution is -2.32. The third-order valence-corrected chi connectivity index (χ3v) is 6.03. The van der Waals surface area contributed by atoms with E-state index in [0.29, 0.717) is 34.3 Å². The number of nitrogens with one attached hydrogen (secondary N) is 1. The van der Waals surface area contributed by atoms with Crippen LogP contribution in [0.15, 0.2) is 64.8 Å². The van der Waals surface area contributed by atoms with E-state index in [0.717, 1.165) is 11.3 Å². The lowest BCUT2D eigenvalue weighted by molar-refractivity contribution is -0.122. The minimum atomic E-state index is -0.646. The summed E-state index contributed by atoms with van der Waals surface area (Å²) >= 11 is 1.41. The summed E-state index contributed by atoms with van der Waals surface area (Å²) in [7, 11) is 0. The van der Waals surface area contributed by atoms with Crippen molar-refractivity contribution in [2.24, 2.45) is 0 Å². The van der Waals surface area contributed by atoms with E-state index < -0.39 is 6.10 Å². The Kier molecular flexibility index (Phi) is 6.74. The third kappa shape index (κ3) is 5.23. The van der Waals surface area contributed by atoms with Gasteiger partial charge in [-0.05, 0) is 50.1 Å². The zero-order valence-electron chi connectivity index (χ0n) is 18.7. The maximum absolute atomic E-state index is 12.9. The summed E-state index contributed by atoms with van der Waals surface area (Å²) in [5.41, 5.74) is 2.75. The second kappa shape index (κ2) is 9.87. The van der Waals surface area contributed by atoms with E-state index in [2.05, 4.69) is 10.3 Å². The molecular weight excluding hydrogens is 438 g/mol. The maximum Gasteiger partial charge on any atom is 0.265 e. The van der Waals surface area contributed by atoms with Gasteiger partial charge in [-0.25, -0.2) is 4.98 Å². The van der Waals surface area contributed by atoms with Crippen molar-refractivity contribution in [2.75, 3.05) is 5.32 Å². The van der Waals surface area contributed by atoms with Crippen molar-refractivity contribution in [3.05, 3.63) is 87.3 Å². The van der Waals surface area contributed by atoms with Gasteiger partial charge in [0, 0.05) is 17.1 Å². The van der Waals surface area contributed by atoms with E-state index in [9.17, 15) is 9.59 Å². The number of carbonyl (C=O) groups is 1. The van der Waals surface area contributed by atoms with Crippen molar-refractivity contribution in [1.29, 1.82) is 0 Å². The predicted molar refractivity (Wildman–Crippen MR) is 129 cm³/mol. The molecule has 0 aliphatic carbocycles. The molecule has 0 radical (unpaired) electrons. The van der Waals surface area contributed by atoms with Gasteiger partial charge in [0.2, 0.25) is 0 Å². The Morgan fingerprint density at radius 2 is 1.94 bits per heavy atom. The monoisotopic (exact) mass is 463 g/mol. The van der Waals surface area contributed by atoms with Crippen LogP contribution in [0.1, 0.15) is 30.3 Å². The first-order valence-corrected chi connectivity index (χ1v) is 11.6. The topological polar surface area (TPSA) is 81.9 Å². The highest BCUT2D eigenvalue weighted by atomic mass is 32.1. The molecule has 4 rings (SSSR count). The molecule has 0 unspecified atom stereocenters. The molecule has 0 saturated heterocycles. The molecule has 0 aliphatic heterocycles. The van der Waals surface area contributed by atoms with E-state index in [1.165, 1.54) is 17.4 Å². The van der Waals surface area contributed by atoms with E-state index in [-0.39, 0.29) is 18.1 Å². The molecule has 2 aromatic heterocycles. The number of benzene rings is 2. The molecule has 1 atom stereocenters. The number of rotatable bonds is 8. The van der Waals surface area contributed by atoms with Gasteiger partial charge in [0.15, 0.2) is 11.1 Å². The molecule has 0 saturated carbocycles. The summed E-state index contributed by atoms with van der Waals surface area (Å²) in [4.78, 5) is 30.5. The number of thiazole rings is 1. The van der Waals surface area contributed by atoms with Gasteiger partial charge in [-0.3, -0.25) is 14.0 Å². The molecule has 0 fully saturated rings. The van der Waals surface area contributed by atoms with Gasteiger partial charge in [-0.2, -0.15) is 0 Å². The fourth-order valence-electron chi connectivity index (χ4n) is 3.39. The number of nitrogens with zero attached hydrogens (tertiary/aromatic N) is 2. The van der Waals surface area contributed by atoms with Crippen molar-refractivity contribution in [3.8, 4) is 11.5 Å². The molecule has 170 valence electrons. The van der Waals surface area contributed by atoms with Crippen molar-refractivity contribution in [2.45, 2.75) is 39.9 Å². The first-order chi connectivity index (χ1) is 15.9. The van der Waals surface area contributed by atoms with Crippen LogP contribution in [0.3, 0.4) is 0 Å². The molecule has 7 nitrogen and oxygen atoms in total. The van der Waals surface area contributed by atoms with Crippen LogP contribution in [-0.4, -0.2) is 21.4 Å². The normalized spacial score (nSPS) is 11.8. The third-order valence-electron chi connectivity index (χ3n) is 5.08. The molecule has 8 heteroatoms. The summed E-state index contributed by atoms with van der Waals surface area (Å²) in [6, 6.07) is 16.3. The average Bonchev–Trinajstić information content (AvgIpc) is 3.18. The van der Waals surface area contributed by atoms with Gasteiger partial charge in [0.1, 0.15) is 18.1 Å².